The Bertz CT molecular complexity index is 1880. The van der Waals surface area contributed by atoms with E-state index in [1.807, 2.05) is 6.08 Å². The summed E-state index contributed by atoms with van der Waals surface area (Å²) in [6.45, 7) is 6.13. The lowest BCUT2D eigenvalue weighted by molar-refractivity contribution is -0.166. The van der Waals surface area contributed by atoms with Gasteiger partial charge >= 0.3 is 17.9 Å². The molecule has 0 aliphatic carbocycles. The molecule has 0 aromatic rings. The fourth-order valence-electron chi connectivity index (χ4n) is 7.26. The largest absolute Gasteiger partial charge is 0.462 e. The van der Waals surface area contributed by atoms with Crippen LogP contribution in [0.25, 0.3) is 0 Å². The molecule has 1 unspecified atom stereocenters. The molecular weight excluding hydrogens is 949 g/mol. The number of carbonyl (C=O) groups is 3. The van der Waals surface area contributed by atoms with E-state index in [2.05, 4.69) is 203 Å². The molecule has 0 radical (unpaired) electrons. The van der Waals surface area contributed by atoms with Gasteiger partial charge in [0.25, 0.3) is 0 Å². The molecule has 0 aliphatic rings. The first-order chi connectivity index (χ1) is 38.0. The Kier molecular flexibility index (Phi) is 58.1. The third-order valence-electron chi connectivity index (χ3n) is 11.6. The number of ether oxygens (including phenoxy) is 3. The summed E-state index contributed by atoms with van der Waals surface area (Å²) in [6.07, 6.45) is 96.0. The molecule has 0 heterocycles. The Labute approximate surface area is 471 Å². The van der Waals surface area contributed by atoms with Gasteiger partial charge in [-0.15, -0.1) is 0 Å². The average molecular weight is 1060 g/mol. The first-order valence-electron chi connectivity index (χ1n) is 29.9. The Morgan fingerprint density at radius 2 is 0.532 bits per heavy atom. The van der Waals surface area contributed by atoms with Crippen molar-refractivity contribution >= 4 is 17.9 Å². The number of hydrogen-bond donors (Lipinski definition) is 0. The van der Waals surface area contributed by atoms with Crippen molar-refractivity contribution in [1.29, 1.82) is 0 Å². The topological polar surface area (TPSA) is 78.9 Å². The van der Waals surface area contributed by atoms with Gasteiger partial charge in [0, 0.05) is 12.8 Å². The van der Waals surface area contributed by atoms with Crippen LogP contribution in [0.5, 0.6) is 0 Å². The van der Waals surface area contributed by atoms with Crippen LogP contribution in [0, 0.1) is 0 Å². The van der Waals surface area contributed by atoms with Crippen LogP contribution in [0.3, 0.4) is 0 Å². The normalized spacial score (nSPS) is 13.5. The lowest BCUT2D eigenvalue weighted by Crippen LogP contribution is -2.30. The van der Waals surface area contributed by atoms with Crippen LogP contribution in [-0.4, -0.2) is 37.2 Å². The first-order valence-corrected chi connectivity index (χ1v) is 29.9. The molecule has 0 aliphatic heterocycles. The highest BCUT2D eigenvalue weighted by atomic mass is 16.6. The van der Waals surface area contributed by atoms with Gasteiger partial charge in [0.15, 0.2) is 6.10 Å². The summed E-state index contributed by atoms with van der Waals surface area (Å²) in [7, 11) is 0. The zero-order valence-corrected chi connectivity index (χ0v) is 48.6. The van der Waals surface area contributed by atoms with E-state index in [1.54, 1.807) is 6.08 Å². The predicted molar refractivity (Wildman–Crippen MR) is 334 cm³/mol. The first kappa shape index (κ1) is 71.2. The van der Waals surface area contributed by atoms with Crippen molar-refractivity contribution < 1.29 is 28.6 Å². The van der Waals surface area contributed by atoms with E-state index in [9.17, 15) is 14.4 Å². The Balaban J connectivity index is 4.62. The van der Waals surface area contributed by atoms with Gasteiger partial charge in [-0.05, 0) is 135 Å². The minimum Gasteiger partial charge on any atom is -0.462 e. The van der Waals surface area contributed by atoms with Crippen LogP contribution in [0.2, 0.25) is 0 Å². The number of hydrogen-bond acceptors (Lipinski definition) is 6. The minimum absolute atomic E-state index is 0.104. The fourth-order valence-corrected chi connectivity index (χ4v) is 7.26. The van der Waals surface area contributed by atoms with E-state index in [1.165, 1.54) is 25.7 Å². The van der Waals surface area contributed by atoms with Crippen LogP contribution in [0.15, 0.2) is 194 Å². The molecule has 0 aromatic carbocycles. The van der Waals surface area contributed by atoms with Crippen LogP contribution < -0.4 is 0 Å². The van der Waals surface area contributed by atoms with Crippen molar-refractivity contribution in [3.63, 3.8) is 0 Å². The van der Waals surface area contributed by atoms with Crippen LogP contribution >= 0.6 is 0 Å². The maximum atomic E-state index is 12.9. The number of unbranched alkanes of at least 4 members (excludes halogenated alkanes) is 9. The second-order valence-corrected chi connectivity index (χ2v) is 18.8. The molecule has 1 atom stereocenters. The lowest BCUT2D eigenvalue weighted by Gasteiger charge is -2.18. The molecule has 0 amide bonds. The molecule has 0 fully saturated rings. The fraction of sp³-hybridized carbons (Fsp3) is 0.507. The summed E-state index contributed by atoms with van der Waals surface area (Å²) in [4.78, 5) is 38.2. The summed E-state index contributed by atoms with van der Waals surface area (Å²) >= 11 is 0. The standard InChI is InChI=1S/C71H106O6/c1-4-7-10-13-16-19-22-25-28-30-32-34-35-37-38-40-43-46-49-52-55-58-61-64-70(73)76-67-68(66-75-69(72)63-60-57-54-51-48-45-42-27-24-21-18-15-12-9-6-3)77-71(74)65-62-59-56-53-50-47-44-41-39-36-33-31-29-26-23-20-17-14-11-8-5-2/h7-12,16-21,25-29,32-34,36-38,42-43,46,48,51-52,55,57,60,68H,4-6,13-15,22-24,30-31,35,39-41,44-45,47,49-50,53-54,56,58-59,61-67H2,1-3H3/b10-7-,11-8-,12-9-,19-16-,20-17-,21-18-,28-25-,29-26-,34-32-,36-33-,38-37-,42-27-,46-43-,51-48-,55-52-,60-57-. The maximum Gasteiger partial charge on any atom is 0.309 e. The second-order valence-electron chi connectivity index (χ2n) is 18.8. The summed E-state index contributed by atoms with van der Waals surface area (Å²) < 4.78 is 16.7. The van der Waals surface area contributed by atoms with E-state index in [4.69, 9.17) is 14.2 Å². The number of allylic oxidation sites excluding steroid dienone is 31. The smallest absolute Gasteiger partial charge is 0.309 e. The third-order valence-corrected chi connectivity index (χ3v) is 11.6. The third kappa shape index (κ3) is 61.0. The molecule has 0 rings (SSSR count). The van der Waals surface area contributed by atoms with E-state index in [0.717, 1.165) is 135 Å². The second kappa shape index (κ2) is 62.8. The highest BCUT2D eigenvalue weighted by molar-refractivity contribution is 5.72. The Morgan fingerprint density at radius 3 is 0.883 bits per heavy atom. The van der Waals surface area contributed by atoms with Gasteiger partial charge in [-0.1, -0.05) is 254 Å². The van der Waals surface area contributed by atoms with Crippen molar-refractivity contribution in [2.24, 2.45) is 0 Å². The van der Waals surface area contributed by atoms with E-state index >= 15 is 0 Å². The molecule has 426 valence electrons. The molecule has 0 saturated heterocycles. The molecule has 0 aromatic heterocycles. The van der Waals surface area contributed by atoms with Crippen molar-refractivity contribution in [1.82, 2.24) is 0 Å². The SMILES string of the molecule is CC/C=C\C/C=C\C/C=C\C/C=C\C/C=C\C/C=C\C/C=C\CCCC(=O)OCC(COC(=O)C/C=C\C/C=C\C/C=C\C/C=C\C/C=C\CC)OC(=O)CCCCCCCCCC/C=C\C/C=C\C/C=C\C/C=C\CC. The van der Waals surface area contributed by atoms with Crippen molar-refractivity contribution in [3.8, 4) is 0 Å². The molecule has 77 heavy (non-hydrogen) atoms. The average Bonchev–Trinajstić information content (AvgIpc) is 3.43. The van der Waals surface area contributed by atoms with Crippen LogP contribution in [-0.2, 0) is 28.6 Å². The van der Waals surface area contributed by atoms with Gasteiger partial charge in [-0.25, -0.2) is 0 Å². The molecule has 0 spiro atoms. The van der Waals surface area contributed by atoms with E-state index in [0.29, 0.717) is 12.8 Å². The molecular formula is C71H106O6. The van der Waals surface area contributed by atoms with Crippen molar-refractivity contribution in [3.05, 3.63) is 194 Å². The highest BCUT2D eigenvalue weighted by Crippen LogP contribution is 2.13. The molecule has 6 nitrogen and oxygen atoms in total. The number of carbonyl (C=O) groups excluding carboxylic acids is 3. The quantitative estimate of drug-likeness (QED) is 0.0261. The zero-order chi connectivity index (χ0) is 55.7. The maximum absolute atomic E-state index is 12.9. The Hall–Kier alpha value is -5.75. The molecule has 0 bridgehead atoms. The van der Waals surface area contributed by atoms with Gasteiger partial charge in [0.05, 0.1) is 6.42 Å². The summed E-state index contributed by atoms with van der Waals surface area (Å²) in [5.41, 5.74) is 0. The molecule has 0 saturated carbocycles. The van der Waals surface area contributed by atoms with Crippen molar-refractivity contribution in [2.75, 3.05) is 13.2 Å². The Morgan fingerprint density at radius 1 is 0.273 bits per heavy atom. The minimum atomic E-state index is -0.860. The van der Waals surface area contributed by atoms with Crippen LogP contribution in [0.1, 0.15) is 213 Å². The monoisotopic (exact) mass is 1050 g/mol. The van der Waals surface area contributed by atoms with Gasteiger partial charge in [0.1, 0.15) is 13.2 Å². The van der Waals surface area contributed by atoms with Gasteiger partial charge in [0.2, 0.25) is 0 Å². The highest BCUT2D eigenvalue weighted by Gasteiger charge is 2.19. The molecule has 0 N–H and O–H groups in total. The van der Waals surface area contributed by atoms with Crippen LogP contribution in [0.4, 0.5) is 0 Å². The zero-order valence-electron chi connectivity index (χ0n) is 48.6. The van der Waals surface area contributed by atoms with E-state index in [-0.39, 0.29) is 44.4 Å². The number of rotatable bonds is 51. The summed E-state index contributed by atoms with van der Waals surface area (Å²) in [5.74, 6) is -1.16. The number of esters is 3. The summed E-state index contributed by atoms with van der Waals surface area (Å²) in [5, 5.41) is 0. The van der Waals surface area contributed by atoms with E-state index < -0.39 is 12.1 Å². The predicted octanol–water partition coefficient (Wildman–Crippen LogP) is 20.6. The van der Waals surface area contributed by atoms with Gasteiger partial charge in [-0.2, -0.15) is 0 Å². The molecule has 6 heteroatoms. The van der Waals surface area contributed by atoms with Gasteiger partial charge < -0.3 is 14.2 Å². The van der Waals surface area contributed by atoms with Crippen molar-refractivity contribution in [2.45, 2.75) is 219 Å². The van der Waals surface area contributed by atoms with Gasteiger partial charge in [-0.3, -0.25) is 14.4 Å². The summed E-state index contributed by atoms with van der Waals surface area (Å²) in [6, 6.07) is 0. The lowest BCUT2D eigenvalue weighted by atomic mass is 10.1.